The van der Waals surface area contributed by atoms with Crippen molar-refractivity contribution >= 4 is 0 Å². The van der Waals surface area contributed by atoms with Crippen LogP contribution in [0.15, 0.2) is 24.1 Å². The second-order valence-corrected chi connectivity index (χ2v) is 1.27. The average Bonchev–Trinajstić information content (AvgIpc) is 1.69. The second-order valence-electron chi connectivity index (χ2n) is 1.27. The SMILES string of the molecule is [N]C1=CCOC=C1. The highest BCUT2D eigenvalue weighted by molar-refractivity contribution is 5.14. The molecule has 1 aliphatic rings. The van der Waals surface area contributed by atoms with E-state index in [-0.39, 0.29) is 5.70 Å². The number of hydrogen-bond acceptors (Lipinski definition) is 1. The molecule has 0 saturated heterocycles. The molecule has 0 bridgehead atoms. The number of hydrogen-bond donors (Lipinski definition) is 0. The Hall–Kier alpha value is -0.920. The van der Waals surface area contributed by atoms with Gasteiger partial charge in [-0.3, -0.25) is 0 Å². The Morgan fingerprint density at radius 3 is 2.86 bits per heavy atom. The lowest BCUT2D eigenvalue weighted by atomic mass is 10.4. The zero-order valence-corrected chi connectivity index (χ0v) is 3.79. The average molecular weight is 95.1 g/mol. The van der Waals surface area contributed by atoms with E-state index in [1.165, 1.54) is 12.3 Å². The molecule has 2 radical (unpaired) electrons. The van der Waals surface area contributed by atoms with Crippen molar-refractivity contribution in [1.82, 2.24) is 5.73 Å². The summed E-state index contributed by atoms with van der Waals surface area (Å²) in [5.74, 6) is 0. The molecule has 1 heterocycles. The molecule has 1 aliphatic heterocycles. The monoisotopic (exact) mass is 95.0 g/mol. The fourth-order valence-corrected chi connectivity index (χ4v) is 0.375. The third kappa shape index (κ3) is 0.961. The number of ether oxygens (including phenoxy) is 1. The molecule has 0 saturated carbocycles. The van der Waals surface area contributed by atoms with Crippen LogP contribution in [0.5, 0.6) is 0 Å². The van der Waals surface area contributed by atoms with E-state index >= 15 is 0 Å². The summed E-state index contributed by atoms with van der Waals surface area (Å²) in [4.78, 5) is 0. The zero-order valence-electron chi connectivity index (χ0n) is 3.79. The highest BCUT2D eigenvalue weighted by Crippen LogP contribution is 1.95. The van der Waals surface area contributed by atoms with Crippen LogP contribution in [0.2, 0.25) is 0 Å². The van der Waals surface area contributed by atoms with E-state index in [9.17, 15) is 0 Å². The summed E-state index contributed by atoms with van der Waals surface area (Å²) >= 11 is 0. The lowest BCUT2D eigenvalue weighted by molar-refractivity contribution is 0.284. The van der Waals surface area contributed by atoms with Gasteiger partial charge in [0.25, 0.3) is 0 Å². The number of nitrogens with zero attached hydrogens (tertiary/aromatic N) is 1. The molecule has 0 spiro atoms. The van der Waals surface area contributed by atoms with Gasteiger partial charge in [0.1, 0.15) is 6.61 Å². The summed E-state index contributed by atoms with van der Waals surface area (Å²) in [6.45, 7) is 0.488. The quantitative estimate of drug-likeness (QED) is 0.430. The van der Waals surface area contributed by atoms with Gasteiger partial charge in [0, 0.05) is 0 Å². The molecule has 0 N–H and O–H groups in total. The molecule has 7 heavy (non-hydrogen) atoms. The van der Waals surface area contributed by atoms with Gasteiger partial charge >= 0.3 is 0 Å². The zero-order chi connectivity index (χ0) is 5.11. The first-order valence-electron chi connectivity index (χ1n) is 2.07. The van der Waals surface area contributed by atoms with Gasteiger partial charge in [0.05, 0.1) is 12.0 Å². The van der Waals surface area contributed by atoms with Crippen LogP contribution >= 0.6 is 0 Å². The van der Waals surface area contributed by atoms with E-state index in [0.717, 1.165) is 0 Å². The second kappa shape index (κ2) is 1.69. The maximum Gasteiger partial charge on any atom is 0.108 e. The van der Waals surface area contributed by atoms with Crippen molar-refractivity contribution in [3.63, 3.8) is 0 Å². The molecule has 36 valence electrons. The predicted octanol–water partition coefficient (Wildman–Crippen LogP) is 0.483. The minimum Gasteiger partial charge on any atom is -0.497 e. The molecule has 1 rings (SSSR count). The van der Waals surface area contributed by atoms with Gasteiger partial charge in [-0.15, -0.1) is 0 Å². The Labute approximate surface area is 42.3 Å². The lowest BCUT2D eigenvalue weighted by Crippen LogP contribution is -1.91. The van der Waals surface area contributed by atoms with Crippen molar-refractivity contribution < 1.29 is 4.74 Å². The maximum atomic E-state index is 8.60. The Kier molecular flexibility index (Phi) is 1.02. The van der Waals surface area contributed by atoms with Gasteiger partial charge in [0.15, 0.2) is 0 Å². The van der Waals surface area contributed by atoms with Gasteiger partial charge in [-0.2, -0.15) is 5.73 Å². The molecule has 0 amide bonds. The summed E-state index contributed by atoms with van der Waals surface area (Å²) in [7, 11) is 0. The van der Waals surface area contributed by atoms with Crippen LogP contribution in [0.1, 0.15) is 0 Å². The topological polar surface area (TPSA) is 31.5 Å². The summed E-state index contributed by atoms with van der Waals surface area (Å²) in [6.07, 6.45) is 4.57. The van der Waals surface area contributed by atoms with Crippen LogP contribution in [0, 0.1) is 0 Å². The van der Waals surface area contributed by atoms with Gasteiger partial charge in [0.2, 0.25) is 0 Å². The fraction of sp³-hybridized carbons (Fsp3) is 0.200. The summed E-state index contributed by atoms with van der Waals surface area (Å²) in [6, 6.07) is 0. The van der Waals surface area contributed by atoms with Crippen LogP contribution < -0.4 is 5.73 Å². The third-order valence-electron chi connectivity index (χ3n) is 0.724. The Balaban J connectivity index is 2.58. The van der Waals surface area contributed by atoms with Gasteiger partial charge in [-0.05, 0) is 12.2 Å². The van der Waals surface area contributed by atoms with Crippen molar-refractivity contribution in [3.8, 4) is 0 Å². The van der Waals surface area contributed by atoms with Crippen molar-refractivity contribution in [2.45, 2.75) is 0 Å². The molecule has 2 heteroatoms. The normalized spacial score (nSPS) is 18.0. The van der Waals surface area contributed by atoms with Crippen molar-refractivity contribution in [2.24, 2.45) is 0 Å². The van der Waals surface area contributed by atoms with Crippen LogP contribution in [0.4, 0.5) is 0 Å². The van der Waals surface area contributed by atoms with E-state index < -0.39 is 0 Å². The highest BCUT2D eigenvalue weighted by atomic mass is 16.5. The highest BCUT2D eigenvalue weighted by Gasteiger charge is 1.89. The molecule has 0 aromatic rings. The van der Waals surface area contributed by atoms with Crippen LogP contribution in [-0.4, -0.2) is 6.61 Å². The van der Waals surface area contributed by atoms with Crippen molar-refractivity contribution in [3.05, 3.63) is 24.1 Å². The predicted molar refractivity (Wildman–Crippen MR) is 25.3 cm³/mol. The molecule has 0 fully saturated rings. The largest absolute Gasteiger partial charge is 0.497 e. The summed E-state index contributed by atoms with van der Waals surface area (Å²) < 4.78 is 4.72. The molecule has 0 unspecified atom stereocenters. The van der Waals surface area contributed by atoms with Gasteiger partial charge < -0.3 is 4.74 Å². The minimum atomic E-state index is 0.284. The van der Waals surface area contributed by atoms with Crippen LogP contribution in [0.3, 0.4) is 0 Å². The van der Waals surface area contributed by atoms with E-state index in [0.29, 0.717) is 6.61 Å². The molecule has 2 nitrogen and oxygen atoms in total. The first-order valence-corrected chi connectivity index (χ1v) is 2.07. The minimum absolute atomic E-state index is 0.284. The van der Waals surface area contributed by atoms with Crippen molar-refractivity contribution in [2.75, 3.05) is 6.61 Å². The third-order valence-corrected chi connectivity index (χ3v) is 0.724. The van der Waals surface area contributed by atoms with Gasteiger partial charge in [-0.1, -0.05) is 0 Å². The van der Waals surface area contributed by atoms with E-state index in [2.05, 4.69) is 0 Å². The van der Waals surface area contributed by atoms with E-state index in [1.807, 2.05) is 0 Å². The Morgan fingerprint density at radius 2 is 2.57 bits per heavy atom. The van der Waals surface area contributed by atoms with Crippen LogP contribution in [0.25, 0.3) is 0 Å². The Morgan fingerprint density at radius 1 is 1.71 bits per heavy atom. The Bertz CT molecular complexity index is 115. The molecule has 0 aromatic heterocycles. The molecule has 0 aromatic carbocycles. The molecular weight excluding hydrogens is 90.1 g/mol. The number of rotatable bonds is 0. The fourth-order valence-electron chi connectivity index (χ4n) is 0.375. The first kappa shape index (κ1) is 4.24. The molecular formula is C5H5NO. The standard InChI is InChI=1S/C5H5NO/c6-5-1-3-7-4-2-5/h1-3H,4H2. The summed E-state index contributed by atoms with van der Waals surface area (Å²) in [5, 5.41) is 0. The number of allylic oxidation sites excluding steroid dienone is 1. The van der Waals surface area contributed by atoms with E-state index in [4.69, 9.17) is 10.5 Å². The smallest absolute Gasteiger partial charge is 0.108 e. The van der Waals surface area contributed by atoms with Crippen molar-refractivity contribution in [1.29, 1.82) is 0 Å². The summed E-state index contributed by atoms with van der Waals surface area (Å²) in [5.41, 5.74) is 8.89. The first-order chi connectivity index (χ1) is 3.39. The van der Waals surface area contributed by atoms with E-state index in [1.54, 1.807) is 6.08 Å². The molecule has 0 atom stereocenters. The van der Waals surface area contributed by atoms with Gasteiger partial charge in [-0.25, -0.2) is 0 Å². The molecule has 0 aliphatic carbocycles. The lowest BCUT2D eigenvalue weighted by Gasteiger charge is -1.98. The van der Waals surface area contributed by atoms with Crippen LogP contribution in [-0.2, 0) is 4.74 Å². The maximum absolute atomic E-state index is 8.60.